The van der Waals surface area contributed by atoms with Crippen molar-refractivity contribution in [3.8, 4) is 0 Å². The second kappa shape index (κ2) is 7.65. The van der Waals surface area contributed by atoms with Gasteiger partial charge in [0.2, 0.25) is 0 Å². The van der Waals surface area contributed by atoms with Crippen LogP contribution in [-0.4, -0.2) is 27.5 Å². The molecule has 1 aliphatic rings. The van der Waals surface area contributed by atoms with E-state index in [0.717, 1.165) is 12.5 Å². The van der Waals surface area contributed by atoms with Crippen molar-refractivity contribution in [3.63, 3.8) is 0 Å². The molecule has 19 heavy (non-hydrogen) atoms. The quantitative estimate of drug-likeness (QED) is 0.795. The number of rotatable bonds is 7. The van der Waals surface area contributed by atoms with Crippen molar-refractivity contribution in [3.05, 3.63) is 18.0 Å². The SMILES string of the molecule is CCCC1CCC(NCc2cnn(CCO)c2)CC1. The van der Waals surface area contributed by atoms with Gasteiger partial charge in [-0.3, -0.25) is 4.68 Å². The Kier molecular flexibility index (Phi) is 5.86. The van der Waals surface area contributed by atoms with Gasteiger partial charge in [0.05, 0.1) is 19.3 Å². The molecule has 1 saturated carbocycles. The highest BCUT2D eigenvalue weighted by atomic mass is 16.3. The summed E-state index contributed by atoms with van der Waals surface area (Å²) in [6.07, 6.45) is 12.0. The molecular formula is C15H27N3O. The van der Waals surface area contributed by atoms with Crippen LogP contribution in [0.15, 0.2) is 12.4 Å². The molecule has 108 valence electrons. The molecule has 0 atom stereocenters. The fourth-order valence-corrected chi connectivity index (χ4v) is 3.05. The third-order valence-electron chi connectivity index (χ3n) is 4.15. The van der Waals surface area contributed by atoms with Gasteiger partial charge in [-0.05, 0) is 31.6 Å². The molecule has 1 aliphatic carbocycles. The van der Waals surface area contributed by atoms with Gasteiger partial charge in [-0.25, -0.2) is 0 Å². The number of nitrogens with one attached hydrogen (secondary N) is 1. The van der Waals surface area contributed by atoms with Crippen LogP contribution in [0, 0.1) is 5.92 Å². The normalized spacial score (nSPS) is 23.7. The molecule has 1 fully saturated rings. The van der Waals surface area contributed by atoms with Crippen LogP contribution in [-0.2, 0) is 13.1 Å². The molecule has 1 aromatic rings. The second-order valence-corrected chi connectivity index (χ2v) is 5.72. The van der Waals surface area contributed by atoms with E-state index in [4.69, 9.17) is 5.11 Å². The Morgan fingerprint density at radius 3 is 2.84 bits per heavy atom. The third kappa shape index (κ3) is 4.62. The minimum Gasteiger partial charge on any atom is -0.394 e. The molecule has 0 spiro atoms. The first-order valence-electron chi connectivity index (χ1n) is 7.67. The molecule has 2 N–H and O–H groups in total. The summed E-state index contributed by atoms with van der Waals surface area (Å²) in [4.78, 5) is 0. The smallest absolute Gasteiger partial charge is 0.0640 e. The summed E-state index contributed by atoms with van der Waals surface area (Å²) < 4.78 is 1.80. The molecule has 0 aliphatic heterocycles. The lowest BCUT2D eigenvalue weighted by Crippen LogP contribution is -2.32. The summed E-state index contributed by atoms with van der Waals surface area (Å²) in [7, 11) is 0. The number of aliphatic hydroxyl groups is 1. The van der Waals surface area contributed by atoms with E-state index in [-0.39, 0.29) is 6.61 Å². The van der Waals surface area contributed by atoms with Gasteiger partial charge < -0.3 is 10.4 Å². The van der Waals surface area contributed by atoms with Crippen molar-refractivity contribution in [1.82, 2.24) is 15.1 Å². The predicted molar refractivity (Wildman–Crippen MR) is 76.8 cm³/mol. The molecule has 1 aromatic heterocycles. The van der Waals surface area contributed by atoms with E-state index in [2.05, 4.69) is 17.3 Å². The highest BCUT2D eigenvalue weighted by Crippen LogP contribution is 2.27. The van der Waals surface area contributed by atoms with Gasteiger partial charge in [-0.2, -0.15) is 5.10 Å². The van der Waals surface area contributed by atoms with Crippen molar-refractivity contribution >= 4 is 0 Å². The van der Waals surface area contributed by atoms with Crippen molar-refractivity contribution in [2.75, 3.05) is 6.61 Å². The summed E-state index contributed by atoms with van der Waals surface area (Å²) in [5.41, 5.74) is 1.21. The Labute approximate surface area is 116 Å². The van der Waals surface area contributed by atoms with Gasteiger partial charge >= 0.3 is 0 Å². The minimum absolute atomic E-state index is 0.149. The summed E-state index contributed by atoms with van der Waals surface area (Å²) in [6, 6.07) is 0.675. The largest absolute Gasteiger partial charge is 0.394 e. The first-order valence-corrected chi connectivity index (χ1v) is 7.67. The van der Waals surface area contributed by atoms with Crippen LogP contribution >= 0.6 is 0 Å². The van der Waals surface area contributed by atoms with Crippen molar-refractivity contribution in [1.29, 1.82) is 0 Å². The lowest BCUT2D eigenvalue weighted by Gasteiger charge is -2.28. The second-order valence-electron chi connectivity index (χ2n) is 5.72. The molecule has 0 radical (unpaired) electrons. The lowest BCUT2D eigenvalue weighted by atomic mass is 9.83. The van der Waals surface area contributed by atoms with Crippen LogP contribution in [0.3, 0.4) is 0 Å². The molecule has 1 heterocycles. The monoisotopic (exact) mass is 265 g/mol. The number of hydrogen-bond acceptors (Lipinski definition) is 3. The van der Waals surface area contributed by atoms with Gasteiger partial charge in [0.15, 0.2) is 0 Å². The number of nitrogens with zero attached hydrogens (tertiary/aromatic N) is 2. The maximum absolute atomic E-state index is 8.85. The van der Waals surface area contributed by atoms with Gasteiger partial charge in [0.1, 0.15) is 0 Å². The van der Waals surface area contributed by atoms with E-state index >= 15 is 0 Å². The fraction of sp³-hybridized carbons (Fsp3) is 0.800. The number of aliphatic hydroxyl groups excluding tert-OH is 1. The maximum atomic E-state index is 8.85. The first kappa shape index (κ1) is 14.5. The van der Waals surface area contributed by atoms with Gasteiger partial charge in [0.25, 0.3) is 0 Å². The zero-order valence-corrected chi connectivity index (χ0v) is 12.0. The van der Waals surface area contributed by atoms with Gasteiger partial charge in [-0.1, -0.05) is 19.8 Å². The molecule has 2 rings (SSSR count). The molecule has 0 aromatic carbocycles. The van der Waals surface area contributed by atoms with Crippen LogP contribution in [0.25, 0.3) is 0 Å². The predicted octanol–water partition coefficient (Wildman–Crippen LogP) is 2.32. The van der Waals surface area contributed by atoms with Crippen LogP contribution in [0.2, 0.25) is 0 Å². The Balaban J connectivity index is 1.68. The Morgan fingerprint density at radius 2 is 2.16 bits per heavy atom. The lowest BCUT2D eigenvalue weighted by molar-refractivity contribution is 0.269. The van der Waals surface area contributed by atoms with E-state index in [1.54, 1.807) is 4.68 Å². The molecular weight excluding hydrogens is 238 g/mol. The van der Waals surface area contributed by atoms with Gasteiger partial charge in [-0.15, -0.1) is 0 Å². The summed E-state index contributed by atoms with van der Waals surface area (Å²) >= 11 is 0. The van der Waals surface area contributed by atoms with E-state index in [9.17, 15) is 0 Å². The number of aromatic nitrogens is 2. The third-order valence-corrected chi connectivity index (χ3v) is 4.15. The first-order chi connectivity index (χ1) is 9.31. The van der Waals surface area contributed by atoms with Crippen LogP contribution < -0.4 is 5.32 Å². The molecule has 0 unspecified atom stereocenters. The maximum Gasteiger partial charge on any atom is 0.0640 e. The average molecular weight is 265 g/mol. The molecule has 0 saturated heterocycles. The zero-order chi connectivity index (χ0) is 13.5. The van der Waals surface area contributed by atoms with Gasteiger partial charge in [0, 0.05) is 24.3 Å². The Bertz CT molecular complexity index is 356. The highest BCUT2D eigenvalue weighted by molar-refractivity contribution is 5.03. The Morgan fingerprint density at radius 1 is 1.37 bits per heavy atom. The molecule has 0 amide bonds. The number of hydrogen-bond donors (Lipinski definition) is 2. The summed E-state index contributed by atoms with van der Waals surface area (Å²) in [5.74, 6) is 0.968. The van der Waals surface area contributed by atoms with E-state index in [0.29, 0.717) is 12.6 Å². The standard InChI is InChI=1S/C15H27N3O/c1-2-3-13-4-6-15(7-5-13)16-10-14-11-17-18(12-14)8-9-19/h11-13,15-16,19H,2-10H2,1H3. The van der Waals surface area contributed by atoms with Crippen molar-refractivity contribution in [2.45, 2.75) is 64.6 Å². The minimum atomic E-state index is 0.149. The summed E-state index contributed by atoms with van der Waals surface area (Å²) in [5, 5.41) is 16.7. The van der Waals surface area contributed by atoms with E-state index in [1.807, 2.05) is 12.4 Å². The molecule has 0 bridgehead atoms. The highest BCUT2D eigenvalue weighted by Gasteiger charge is 2.19. The van der Waals surface area contributed by atoms with Crippen LogP contribution in [0.5, 0.6) is 0 Å². The summed E-state index contributed by atoms with van der Waals surface area (Å²) in [6.45, 7) is 3.92. The molecule has 4 nitrogen and oxygen atoms in total. The van der Waals surface area contributed by atoms with E-state index < -0.39 is 0 Å². The van der Waals surface area contributed by atoms with Crippen molar-refractivity contribution < 1.29 is 5.11 Å². The van der Waals surface area contributed by atoms with Crippen LogP contribution in [0.4, 0.5) is 0 Å². The average Bonchev–Trinajstić information content (AvgIpc) is 2.87. The van der Waals surface area contributed by atoms with E-state index in [1.165, 1.54) is 44.1 Å². The van der Waals surface area contributed by atoms with Crippen LogP contribution in [0.1, 0.15) is 51.0 Å². The fourth-order valence-electron chi connectivity index (χ4n) is 3.05. The topological polar surface area (TPSA) is 50.1 Å². The molecule has 4 heteroatoms. The Hall–Kier alpha value is -0.870. The van der Waals surface area contributed by atoms with Crippen molar-refractivity contribution in [2.24, 2.45) is 5.92 Å². The zero-order valence-electron chi connectivity index (χ0n) is 12.0.